The van der Waals surface area contributed by atoms with Crippen molar-refractivity contribution < 1.29 is 5.11 Å². The van der Waals surface area contributed by atoms with Gasteiger partial charge in [0.1, 0.15) is 0 Å². The molecule has 0 bridgehead atoms. The van der Waals surface area contributed by atoms with Gasteiger partial charge in [-0.25, -0.2) is 4.68 Å². The smallest absolute Gasteiger partial charge is 0.0959 e. The van der Waals surface area contributed by atoms with Crippen LogP contribution in [0.1, 0.15) is 5.69 Å². The lowest BCUT2D eigenvalue weighted by Gasteiger charge is -2.03. The van der Waals surface area contributed by atoms with E-state index in [2.05, 4.69) is 15.3 Å². The van der Waals surface area contributed by atoms with Crippen LogP contribution in [0.15, 0.2) is 42.7 Å². The summed E-state index contributed by atoms with van der Waals surface area (Å²) in [6.07, 6.45) is 4.09. The quantitative estimate of drug-likeness (QED) is 0.750. The summed E-state index contributed by atoms with van der Waals surface area (Å²) in [6.45, 7) is 0.0759. The minimum atomic E-state index is 0.0759. The highest BCUT2D eigenvalue weighted by Crippen LogP contribution is 2.19. The van der Waals surface area contributed by atoms with E-state index in [0.29, 0.717) is 6.42 Å². The summed E-state index contributed by atoms with van der Waals surface area (Å²) < 4.78 is 1.69. The Balaban J connectivity index is 2.12. The summed E-state index contributed by atoms with van der Waals surface area (Å²) in [6, 6.07) is 9.85. The first-order chi connectivity index (χ1) is 8.88. The Morgan fingerprint density at radius 2 is 2.06 bits per heavy atom. The van der Waals surface area contributed by atoms with E-state index < -0.39 is 0 Å². The van der Waals surface area contributed by atoms with Crippen LogP contribution in [0.2, 0.25) is 0 Å². The number of aliphatic hydroxyl groups excluding tert-OH is 1. The fourth-order valence-electron chi connectivity index (χ4n) is 1.92. The molecule has 3 aromatic rings. The van der Waals surface area contributed by atoms with Crippen LogP contribution in [-0.4, -0.2) is 31.7 Å². The Morgan fingerprint density at radius 1 is 1.17 bits per heavy atom. The molecule has 0 spiro atoms. The van der Waals surface area contributed by atoms with Crippen molar-refractivity contribution in [3.8, 4) is 5.69 Å². The summed E-state index contributed by atoms with van der Waals surface area (Å²) in [7, 11) is 0. The van der Waals surface area contributed by atoms with Gasteiger partial charge in [0.15, 0.2) is 0 Å². The number of pyridine rings is 1. The lowest BCUT2D eigenvalue weighted by atomic mass is 10.2. The molecule has 0 saturated carbocycles. The Kier molecular flexibility index (Phi) is 2.74. The van der Waals surface area contributed by atoms with Gasteiger partial charge >= 0.3 is 0 Å². The van der Waals surface area contributed by atoms with Crippen molar-refractivity contribution in [2.75, 3.05) is 6.61 Å². The van der Waals surface area contributed by atoms with Crippen molar-refractivity contribution in [2.45, 2.75) is 6.42 Å². The molecule has 0 amide bonds. The van der Waals surface area contributed by atoms with Gasteiger partial charge in [0.25, 0.3) is 0 Å². The first kappa shape index (κ1) is 10.9. The molecule has 5 nitrogen and oxygen atoms in total. The Hall–Kier alpha value is -2.27. The van der Waals surface area contributed by atoms with Crippen molar-refractivity contribution in [3.63, 3.8) is 0 Å². The van der Waals surface area contributed by atoms with Gasteiger partial charge in [-0.3, -0.25) is 4.98 Å². The maximum Gasteiger partial charge on any atom is 0.0959 e. The highest BCUT2D eigenvalue weighted by molar-refractivity contribution is 5.85. The molecule has 2 aromatic heterocycles. The largest absolute Gasteiger partial charge is 0.396 e. The average molecular weight is 240 g/mol. The van der Waals surface area contributed by atoms with Crippen LogP contribution in [0.3, 0.4) is 0 Å². The molecule has 0 aliphatic heterocycles. The molecule has 1 aromatic carbocycles. The van der Waals surface area contributed by atoms with Crippen LogP contribution in [0.5, 0.6) is 0 Å². The molecule has 0 saturated heterocycles. The maximum atomic E-state index is 8.88. The second kappa shape index (κ2) is 4.54. The Morgan fingerprint density at radius 3 is 2.94 bits per heavy atom. The van der Waals surface area contributed by atoms with Gasteiger partial charge in [0.2, 0.25) is 0 Å². The third-order valence-corrected chi connectivity index (χ3v) is 2.77. The SMILES string of the molecule is OCCc1cn(-c2cccc3cccnc23)nn1. The second-order valence-electron chi connectivity index (χ2n) is 3.98. The van der Waals surface area contributed by atoms with Gasteiger partial charge in [0, 0.05) is 24.6 Å². The zero-order chi connectivity index (χ0) is 12.4. The summed E-state index contributed by atoms with van der Waals surface area (Å²) in [5.74, 6) is 0. The topological polar surface area (TPSA) is 63.8 Å². The summed E-state index contributed by atoms with van der Waals surface area (Å²) in [4.78, 5) is 4.37. The lowest BCUT2D eigenvalue weighted by molar-refractivity contribution is 0.298. The Labute approximate surface area is 104 Å². The molecule has 5 heteroatoms. The monoisotopic (exact) mass is 240 g/mol. The molecule has 0 unspecified atom stereocenters. The highest BCUT2D eigenvalue weighted by atomic mass is 16.3. The van der Waals surface area contributed by atoms with Crippen molar-refractivity contribution in [1.82, 2.24) is 20.0 Å². The zero-order valence-electron chi connectivity index (χ0n) is 9.69. The van der Waals surface area contributed by atoms with Crippen LogP contribution in [0, 0.1) is 0 Å². The number of aliphatic hydroxyl groups is 1. The van der Waals surface area contributed by atoms with E-state index in [1.807, 2.05) is 36.5 Å². The van der Waals surface area contributed by atoms with Gasteiger partial charge in [-0.15, -0.1) is 5.10 Å². The number of hydrogen-bond acceptors (Lipinski definition) is 4. The molecule has 1 N–H and O–H groups in total. The van der Waals surface area contributed by atoms with Gasteiger partial charge in [0.05, 0.1) is 23.1 Å². The normalized spacial score (nSPS) is 10.9. The van der Waals surface area contributed by atoms with E-state index in [4.69, 9.17) is 5.11 Å². The number of aromatic nitrogens is 4. The third kappa shape index (κ3) is 1.84. The van der Waals surface area contributed by atoms with Crippen LogP contribution in [-0.2, 0) is 6.42 Å². The first-order valence-electron chi connectivity index (χ1n) is 5.75. The summed E-state index contributed by atoms with van der Waals surface area (Å²) in [5.41, 5.74) is 2.55. The van der Waals surface area contributed by atoms with Crippen molar-refractivity contribution in [2.24, 2.45) is 0 Å². The van der Waals surface area contributed by atoms with Crippen LogP contribution < -0.4 is 0 Å². The summed E-state index contributed by atoms with van der Waals surface area (Å²) in [5, 5.41) is 18.0. The minimum Gasteiger partial charge on any atom is -0.396 e. The lowest BCUT2D eigenvalue weighted by Crippen LogP contribution is -1.97. The zero-order valence-corrected chi connectivity index (χ0v) is 9.69. The van der Waals surface area contributed by atoms with Gasteiger partial charge in [-0.05, 0) is 12.1 Å². The minimum absolute atomic E-state index is 0.0759. The molecular formula is C13H12N4O. The third-order valence-electron chi connectivity index (χ3n) is 2.77. The maximum absolute atomic E-state index is 8.88. The van der Waals surface area contributed by atoms with E-state index in [1.165, 1.54) is 0 Å². The molecule has 0 radical (unpaired) electrons. The van der Waals surface area contributed by atoms with Crippen molar-refractivity contribution >= 4 is 10.9 Å². The van der Waals surface area contributed by atoms with E-state index in [9.17, 15) is 0 Å². The number of benzene rings is 1. The van der Waals surface area contributed by atoms with Crippen LogP contribution in [0.4, 0.5) is 0 Å². The molecule has 0 atom stereocenters. The molecule has 0 aliphatic rings. The number of nitrogens with zero attached hydrogens (tertiary/aromatic N) is 4. The second-order valence-corrected chi connectivity index (χ2v) is 3.98. The van der Waals surface area contributed by atoms with Crippen molar-refractivity contribution in [3.05, 3.63) is 48.4 Å². The van der Waals surface area contributed by atoms with Gasteiger partial charge in [-0.1, -0.05) is 23.4 Å². The van der Waals surface area contributed by atoms with Crippen molar-refractivity contribution in [1.29, 1.82) is 0 Å². The molecule has 90 valence electrons. The van der Waals surface area contributed by atoms with Crippen LogP contribution in [0.25, 0.3) is 16.6 Å². The van der Waals surface area contributed by atoms with Gasteiger partial charge < -0.3 is 5.11 Å². The molecule has 18 heavy (non-hydrogen) atoms. The predicted molar refractivity (Wildman–Crippen MR) is 67.4 cm³/mol. The number of para-hydroxylation sites is 1. The Bertz CT molecular complexity index is 672. The molecule has 0 aliphatic carbocycles. The number of rotatable bonds is 3. The fourth-order valence-corrected chi connectivity index (χ4v) is 1.92. The molecule has 2 heterocycles. The van der Waals surface area contributed by atoms with E-state index in [-0.39, 0.29) is 6.61 Å². The fraction of sp³-hybridized carbons (Fsp3) is 0.154. The van der Waals surface area contributed by atoms with Crippen LogP contribution >= 0.6 is 0 Å². The molecular weight excluding hydrogens is 228 g/mol. The molecule has 0 fully saturated rings. The highest BCUT2D eigenvalue weighted by Gasteiger charge is 2.06. The standard InChI is InChI=1S/C13H12N4O/c18-8-6-11-9-17(16-15-11)12-5-1-3-10-4-2-7-14-13(10)12/h1-5,7,9,18H,6,8H2. The average Bonchev–Trinajstić information content (AvgIpc) is 2.87. The molecule has 3 rings (SSSR count). The predicted octanol–water partition coefficient (Wildman–Crippen LogP) is 1.35. The van der Waals surface area contributed by atoms with E-state index in [1.54, 1.807) is 10.9 Å². The van der Waals surface area contributed by atoms with E-state index in [0.717, 1.165) is 22.3 Å². The van der Waals surface area contributed by atoms with Gasteiger partial charge in [-0.2, -0.15) is 0 Å². The summed E-state index contributed by atoms with van der Waals surface area (Å²) >= 11 is 0. The number of hydrogen-bond donors (Lipinski definition) is 1. The number of fused-ring (bicyclic) bond motifs is 1. The van der Waals surface area contributed by atoms with E-state index >= 15 is 0 Å². The first-order valence-corrected chi connectivity index (χ1v) is 5.75.